The lowest BCUT2D eigenvalue weighted by Gasteiger charge is -2.04. The summed E-state index contributed by atoms with van der Waals surface area (Å²) in [6, 6.07) is 0. The minimum Gasteiger partial charge on any atom is -0.333 e. The van der Waals surface area contributed by atoms with Crippen molar-refractivity contribution in [2.24, 2.45) is 5.92 Å². The van der Waals surface area contributed by atoms with Crippen molar-refractivity contribution < 1.29 is 0 Å². The van der Waals surface area contributed by atoms with Crippen molar-refractivity contribution in [2.45, 2.75) is 38.1 Å². The summed E-state index contributed by atoms with van der Waals surface area (Å²) >= 11 is 5.77. The van der Waals surface area contributed by atoms with Gasteiger partial charge in [-0.25, -0.2) is 4.98 Å². The van der Waals surface area contributed by atoms with Crippen molar-refractivity contribution in [2.75, 3.05) is 0 Å². The Bertz CT molecular complexity index is 266. The molecule has 0 bridgehead atoms. The Balaban J connectivity index is 1.78. The van der Waals surface area contributed by atoms with Crippen LogP contribution in [-0.2, 0) is 12.4 Å². The number of hydrogen-bond acceptors (Lipinski definition) is 1. The van der Waals surface area contributed by atoms with Gasteiger partial charge in [-0.3, -0.25) is 0 Å². The van der Waals surface area contributed by atoms with Gasteiger partial charge in [0.1, 0.15) is 0 Å². The maximum atomic E-state index is 5.77. The van der Waals surface area contributed by atoms with Crippen molar-refractivity contribution in [3.05, 3.63) is 18.2 Å². The number of imidazole rings is 1. The second kappa shape index (κ2) is 4.14. The highest BCUT2D eigenvalue weighted by atomic mass is 35.5. The predicted molar refractivity (Wildman–Crippen MR) is 53.7 cm³/mol. The molecule has 1 heterocycles. The maximum Gasteiger partial charge on any atom is 0.0948 e. The molecule has 2 nitrogen and oxygen atoms in total. The zero-order valence-electron chi connectivity index (χ0n) is 7.75. The second-order valence-electron chi connectivity index (χ2n) is 3.80. The minimum absolute atomic E-state index is 0.573. The van der Waals surface area contributed by atoms with Gasteiger partial charge in [0.15, 0.2) is 0 Å². The van der Waals surface area contributed by atoms with E-state index < -0.39 is 0 Å². The molecule has 0 saturated heterocycles. The Hall–Kier alpha value is -0.500. The van der Waals surface area contributed by atoms with Gasteiger partial charge in [0.2, 0.25) is 0 Å². The molecule has 1 aromatic heterocycles. The summed E-state index contributed by atoms with van der Waals surface area (Å²) in [6.45, 7) is 1.08. The van der Waals surface area contributed by atoms with Crippen LogP contribution in [0.1, 0.15) is 31.4 Å². The van der Waals surface area contributed by atoms with E-state index in [-0.39, 0.29) is 0 Å². The second-order valence-corrected chi connectivity index (χ2v) is 4.06. The molecule has 0 atom stereocenters. The third-order valence-electron chi connectivity index (χ3n) is 2.64. The summed E-state index contributed by atoms with van der Waals surface area (Å²) in [5.74, 6) is 1.60. The first-order valence-corrected chi connectivity index (χ1v) is 5.48. The first kappa shape index (κ1) is 9.07. The molecule has 1 aromatic rings. The van der Waals surface area contributed by atoms with Crippen LogP contribution >= 0.6 is 11.6 Å². The molecule has 0 unspecified atom stereocenters. The van der Waals surface area contributed by atoms with E-state index in [1.165, 1.54) is 25.7 Å². The van der Waals surface area contributed by atoms with E-state index in [0.717, 1.165) is 18.2 Å². The van der Waals surface area contributed by atoms with Crippen LogP contribution in [0, 0.1) is 5.92 Å². The first-order chi connectivity index (χ1) is 6.40. The number of halogens is 1. The van der Waals surface area contributed by atoms with Crippen LogP contribution in [0.25, 0.3) is 0 Å². The van der Waals surface area contributed by atoms with Gasteiger partial charge in [0.05, 0.1) is 17.9 Å². The van der Waals surface area contributed by atoms with Gasteiger partial charge in [-0.05, 0) is 18.8 Å². The highest BCUT2D eigenvalue weighted by Crippen LogP contribution is 2.33. The maximum absolute atomic E-state index is 5.77. The zero-order chi connectivity index (χ0) is 9.10. The Morgan fingerprint density at radius 3 is 3.08 bits per heavy atom. The molecule has 0 aliphatic heterocycles. The average molecular weight is 199 g/mol. The van der Waals surface area contributed by atoms with Crippen molar-refractivity contribution in [3.63, 3.8) is 0 Å². The van der Waals surface area contributed by atoms with Crippen LogP contribution in [0.5, 0.6) is 0 Å². The van der Waals surface area contributed by atoms with E-state index in [0.29, 0.717) is 5.88 Å². The number of aryl methyl sites for hydroxylation is 1. The largest absolute Gasteiger partial charge is 0.333 e. The molecule has 13 heavy (non-hydrogen) atoms. The zero-order valence-corrected chi connectivity index (χ0v) is 8.50. The first-order valence-electron chi connectivity index (χ1n) is 4.95. The molecule has 0 amide bonds. The summed E-state index contributed by atoms with van der Waals surface area (Å²) in [4.78, 5) is 4.08. The van der Waals surface area contributed by atoms with Gasteiger partial charge in [-0.2, -0.15) is 0 Å². The lowest BCUT2D eigenvalue weighted by atomic mass is 10.2. The summed E-state index contributed by atoms with van der Waals surface area (Å²) < 4.78 is 2.16. The van der Waals surface area contributed by atoms with Crippen LogP contribution in [0.15, 0.2) is 12.5 Å². The van der Waals surface area contributed by atoms with E-state index in [2.05, 4.69) is 9.55 Å². The molecule has 72 valence electrons. The topological polar surface area (TPSA) is 17.8 Å². The molecule has 0 N–H and O–H groups in total. The van der Waals surface area contributed by atoms with Gasteiger partial charge < -0.3 is 4.57 Å². The summed E-state index contributed by atoms with van der Waals surface area (Å²) in [5.41, 5.74) is 1.14. The Morgan fingerprint density at radius 2 is 2.38 bits per heavy atom. The van der Waals surface area contributed by atoms with E-state index in [9.17, 15) is 0 Å². The van der Waals surface area contributed by atoms with Crippen LogP contribution < -0.4 is 0 Å². The Kier molecular flexibility index (Phi) is 2.89. The third-order valence-corrected chi connectivity index (χ3v) is 2.92. The van der Waals surface area contributed by atoms with Crippen LogP contribution in [0.4, 0.5) is 0 Å². The lowest BCUT2D eigenvalue weighted by molar-refractivity contribution is 0.568. The smallest absolute Gasteiger partial charge is 0.0948 e. The third kappa shape index (κ3) is 2.47. The van der Waals surface area contributed by atoms with Crippen LogP contribution in [0.2, 0.25) is 0 Å². The predicted octanol–water partition coefficient (Wildman–Crippen LogP) is 2.81. The molecule has 1 saturated carbocycles. The average Bonchev–Trinajstić information content (AvgIpc) is 2.84. The standard InChI is InChI=1S/C10H15ClN2/c11-6-10-7-12-8-13(10)5-1-2-9-3-4-9/h7-9H,1-6H2. The summed E-state index contributed by atoms with van der Waals surface area (Å²) in [7, 11) is 0. The summed E-state index contributed by atoms with van der Waals surface area (Å²) in [5, 5.41) is 0. The Labute approximate surface area is 83.9 Å². The van der Waals surface area contributed by atoms with Crippen LogP contribution in [-0.4, -0.2) is 9.55 Å². The molecule has 3 heteroatoms. The molecule has 1 fully saturated rings. The number of alkyl halides is 1. The van der Waals surface area contributed by atoms with E-state index in [4.69, 9.17) is 11.6 Å². The van der Waals surface area contributed by atoms with Crippen molar-refractivity contribution in [1.82, 2.24) is 9.55 Å². The van der Waals surface area contributed by atoms with E-state index >= 15 is 0 Å². The molecule has 0 spiro atoms. The molecular weight excluding hydrogens is 184 g/mol. The fourth-order valence-electron chi connectivity index (χ4n) is 1.62. The quantitative estimate of drug-likeness (QED) is 0.666. The van der Waals surface area contributed by atoms with Crippen LogP contribution in [0.3, 0.4) is 0 Å². The molecule has 0 radical (unpaired) electrons. The molecular formula is C10H15ClN2. The molecule has 2 rings (SSSR count). The number of nitrogens with zero attached hydrogens (tertiary/aromatic N) is 2. The van der Waals surface area contributed by atoms with Crippen molar-refractivity contribution in [1.29, 1.82) is 0 Å². The number of rotatable bonds is 5. The molecule has 1 aliphatic rings. The van der Waals surface area contributed by atoms with Crippen molar-refractivity contribution >= 4 is 11.6 Å². The normalized spacial score (nSPS) is 16.4. The highest BCUT2D eigenvalue weighted by Gasteiger charge is 2.20. The fraction of sp³-hybridized carbons (Fsp3) is 0.700. The Morgan fingerprint density at radius 1 is 1.54 bits per heavy atom. The number of hydrogen-bond donors (Lipinski definition) is 0. The lowest BCUT2D eigenvalue weighted by Crippen LogP contribution is -2.00. The van der Waals surface area contributed by atoms with Gasteiger partial charge in [0.25, 0.3) is 0 Å². The SMILES string of the molecule is ClCc1cncn1CCCC1CC1. The monoisotopic (exact) mass is 198 g/mol. The minimum atomic E-state index is 0.573. The van der Waals surface area contributed by atoms with E-state index in [1.807, 2.05) is 12.5 Å². The van der Waals surface area contributed by atoms with Gasteiger partial charge >= 0.3 is 0 Å². The van der Waals surface area contributed by atoms with Gasteiger partial charge in [-0.15, -0.1) is 11.6 Å². The van der Waals surface area contributed by atoms with Crippen molar-refractivity contribution in [3.8, 4) is 0 Å². The van der Waals surface area contributed by atoms with Gasteiger partial charge in [-0.1, -0.05) is 12.8 Å². The highest BCUT2D eigenvalue weighted by molar-refractivity contribution is 6.16. The molecule has 0 aromatic carbocycles. The van der Waals surface area contributed by atoms with Gasteiger partial charge in [0, 0.05) is 12.7 Å². The number of aromatic nitrogens is 2. The molecule has 1 aliphatic carbocycles. The van der Waals surface area contributed by atoms with E-state index in [1.54, 1.807) is 0 Å². The fourth-order valence-corrected chi connectivity index (χ4v) is 1.84. The summed E-state index contributed by atoms with van der Waals surface area (Å²) in [6.07, 6.45) is 9.28.